The predicted molar refractivity (Wildman–Crippen MR) is 99.1 cm³/mol. The van der Waals surface area contributed by atoms with Crippen molar-refractivity contribution in [2.45, 2.75) is 38.0 Å². The van der Waals surface area contributed by atoms with Crippen molar-refractivity contribution in [2.24, 2.45) is 29.4 Å². The zero-order chi connectivity index (χ0) is 17.7. The van der Waals surface area contributed by atoms with Crippen molar-refractivity contribution in [3.8, 4) is 11.6 Å². The molecule has 0 aliphatic heterocycles. The van der Waals surface area contributed by atoms with Crippen LogP contribution in [0.15, 0.2) is 42.6 Å². The Labute approximate surface area is 153 Å². The number of nitrogens with two attached hydrogens (primary N) is 1. The SMILES string of the molecule is NC(=O)c1ccc(Oc2ccc(C3C4CC5CC(C4)CC3C5)cc2)nc1. The van der Waals surface area contributed by atoms with Crippen molar-refractivity contribution in [1.29, 1.82) is 0 Å². The van der Waals surface area contributed by atoms with E-state index in [4.69, 9.17) is 10.5 Å². The standard InChI is InChI=1S/C22H24N2O2/c23-22(25)16-3-6-20(24-12-16)26-19-4-1-15(2-5-19)21-17-8-13-7-14(10-17)11-18(21)9-13/h1-6,12-14,17-18,21H,7-11H2,(H2,23,25). The van der Waals surface area contributed by atoms with Crippen LogP contribution in [0.5, 0.6) is 11.6 Å². The lowest BCUT2D eigenvalue weighted by Gasteiger charge is -2.54. The lowest BCUT2D eigenvalue weighted by Crippen LogP contribution is -2.43. The minimum atomic E-state index is -0.482. The Morgan fingerprint density at radius 2 is 1.58 bits per heavy atom. The van der Waals surface area contributed by atoms with Crippen molar-refractivity contribution in [3.63, 3.8) is 0 Å². The van der Waals surface area contributed by atoms with E-state index in [1.807, 2.05) is 12.1 Å². The molecule has 4 aliphatic rings. The second-order valence-corrected chi connectivity index (χ2v) is 8.38. The van der Waals surface area contributed by atoms with Crippen molar-refractivity contribution >= 4 is 5.91 Å². The quantitative estimate of drug-likeness (QED) is 0.884. The molecular formula is C22H24N2O2. The van der Waals surface area contributed by atoms with Crippen LogP contribution in [0.25, 0.3) is 0 Å². The lowest BCUT2D eigenvalue weighted by atomic mass is 9.51. The number of hydrogen-bond acceptors (Lipinski definition) is 3. The number of carbonyl (C=O) groups is 1. The highest BCUT2D eigenvalue weighted by Gasteiger charge is 2.48. The lowest BCUT2D eigenvalue weighted by molar-refractivity contribution is -0.00279. The summed E-state index contributed by atoms with van der Waals surface area (Å²) >= 11 is 0. The van der Waals surface area contributed by atoms with Gasteiger partial charge in [-0.3, -0.25) is 4.79 Å². The van der Waals surface area contributed by atoms with Gasteiger partial charge in [0.05, 0.1) is 5.56 Å². The third kappa shape index (κ3) is 2.77. The van der Waals surface area contributed by atoms with E-state index in [9.17, 15) is 4.79 Å². The molecule has 4 bridgehead atoms. The smallest absolute Gasteiger partial charge is 0.250 e. The molecule has 2 aromatic rings. The minimum absolute atomic E-state index is 0.384. The maximum atomic E-state index is 11.1. The van der Waals surface area contributed by atoms with Gasteiger partial charge in [-0.15, -0.1) is 0 Å². The van der Waals surface area contributed by atoms with Crippen LogP contribution in [-0.2, 0) is 0 Å². The van der Waals surface area contributed by atoms with Crippen LogP contribution in [0.3, 0.4) is 0 Å². The first-order valence-electron chi connectivity index (χ1n) is 9.69. The number of primary amides is 1. The molecule has 6 rings (SSSR count). The zero-order valence-electron chi connectivity index (χ0n) is 14.8. The number of aromatic nitrogens is 1. The summed E-state index contributed by atoms with van der Waals surface area (Å²) in [6.45, 7) is 0. The molecule has 134 valence electrons. The maximum absolute atomic E-state index is 11.1. The monoisotopic (exact) mass is 348 g/mol. The van der Waals surface area contributed by atoms with Crippen LogP contribution in [0, 0.1) is 23.7 Å². The molecule has 4 saturated carbocycles. The molecule has 0 radical (unpaired) electrons. The van der Waals surface area contributed by atoms with Gasteiger partial charge in [0.15, 0.2) is 0 Å². The Balaban J connectivity index is 1.31. The van der Waals surface area contributed by atoms with Gasteiger partial charge in [-0.25, -0.2) is 4.98 Å². The highest BCUT2D eigenvalue weighted by Crippen LogP contribution is 2.59. The summed E-state index contributed by atoms with van der Waals surface area (Å²) in [5.41, 5.74) is 7.09. The van der Waals surface area contributed by atoms with E-state index in [0.717, 1.165) is 35.3 Å². The Morgan fingerprint density at radius 1 is 0.923 bits per heavy atom. The van der Waals surface area contributed by atoms with Crippen LogP contribution in [0.4, 0.5) is 0 Å². The first-order chi connectivity index (χ1) is 12.7. The molecule has 0 unspecified atom stereocenters. The minimum Gasteiger partial charge on any atom is -0.439 e. The molecule has 4 fully saturated rings. The number of rotatable bonds is 4. The van der Waals surface area contributed by atoms with E-state index in [1.165, 1.54) is 43.9 Å². The second-order valence-electron chi connectivity index (χ2n) is 8.38. The van der Waals surface area contributed by atoms with Crippen molar-refractivity contribution in [3.05, 3.63) is 53.7 Å². The largest absolute Gasteiger partial charge is 0.439 e. The number of nitrogens with zero attached hydrogens (tertiary/aromatic N) is 1. The summed E-state index contributed by atoms with van der Waals surface area (Å²) in [4.78, 5) is 15.2. The van der Waals surface area contributed by atoms with Gasteiger partial charge in [-0.05, 0) is 85.5 Å². The van der Waals surface area contributed by atoms with Gasteiger partial charge in [0, 0.05) is 12.3 Å². The van der Waals surface area contributed by atoms with Gasteiger partial charge in [-0.1, -0.05) is 12.1 Å². The summed E-state index contributed by atoms with van der Waals surface area (Å²) in [6, 6.07) is 11.9. The first-order valence-corrected chi connectivity index (χ1v) is 9.69. The van der Waals surface area contributed by atoms with E-state index < -0.39 is 5.91 Å². The van der Waals surface area contributed by atoms with E-state index >= 15 is 0 Å². The Hall–Kier alpha value is -2.36. The van der Waals surface area contributed by atoms with Gasteiger partial charge < -0.3 is 10.5 Å². The molecular weight excluding hydrogens is 324 g/mol. The summed E-state index contributed by atoms with van der Waals surface area (Å²) in [5.74, 6) is 5.29. The van der Waals surface area contributed by atoms with Crippen LogP contribution < -0.4 is 10.5 Å². The fourth-order valence-corrected chi connectivity index (χ4v) is 5.93. The summed E-state index contributed by atoms with van der Waals surface area (Å²) in [5, 5.41) is 0. The highest BCUT2D eigenvalue weighted by molar-refractivity contribution is 5.92. The van der Waals surface area contributed by atoms with Crippen molar-refractivity contribution in [1.82, 2.24) is 4.98 Å². The molecule has 1 amide bonds. The van der Waals surface area contributed by atoms with E-state index in [2.05, 4.69) is 17.1 Å². The van der Waals surface area contributed by atoms with Gasteiger partial charge in [0.1, 0.15) is 5.75 Å². The average molecular weight is 348 g/mol. The fraction of sp³-hybridized carbons (Fsp3) is 0.455. The highest BCUT2D eigenvalue weighted by atomic mass is 16.5. The van der Waals surface area contributed by atoms with Crippen LogP contribution in [-0.4, -0.2) is 10.9 Å². The summed E-state index contributed by atoms with van der Waals surface area (Å²) < 4.78 is 5.81. The van der Waals surface area contributed by atoms with Crippen molar-refractivity contribution in [2.75, 3.05) is 0 Å². The maximum Gasteiger partial charge on any atom is 0.250 e. The Bertz CT molecular complexity index is 785. The average Bonchev–Trinajstić information content (AvgIpc) is 2.63. The van der Waals surface area contributed by atoms with Crippen LogP contribution >= 0.6 is 0 Å². The van der Waals surface area contributed by atoms with Gasteiger partial charge in [-0.2, -0.15) is 0 Å². The fourth-order valence-electron chi connectivity index (χ4n) is 5.93. The molecule has 2 N–H and O–H groups in total. The molecule has 4 aliphatic carbocycles. The number of benzene rings is 1. The molecule has 1 aromatic heterocycles. The number of amides is 1. The normalized spacial score (nSPS) is 31.8. The van der Waals surface area contributed by atoms with Crippen LogP contribution in [0.2, 0.25) is 0 Å². The molecule has 26 heavy (non-hydrogen) atoms. The molecule has 4 nitrogen and oxygen atoms in total. The topological polar surface area (TPSA) is 65.2 Å². The van der Waals surface area contributed by atoms with Gasteiger partial charge >= 0.3 is 0 Å². The second kappa shape index (κ2) is 6.11. The number of pyridine rings is 1. The molecule has 0 saturated heterocycles. The van der Waals surface area contributed by atoms with E-state index in [0.29, 0.717) is 11.4 Å². The van der Waals surface area contributed by atoms with Gasteiger partial charge in [0.2, 0.25) is 11.8 Å². The number of carbonyl (C=O) groups excluding carboxylic acids is 1. The Kier molecular flexibility index (Phi) is 3.73. The molecule has 1 aromatic carbocycles. The summed E-state index contributed by atoms with van der Waals surface area (Å²) in [6.07, 6.45) is 8.69. The van der Waals surface area contributed by atoms with E-state index in [1.54, 1.807) is 12.1 Å². The molecule has 4 heteroatoms. The molecule has 0 atom stereocenters. The van der Waals surface area contributed by atoms with Crippen molar-refractivity contribution < 1.29 is 9.53 Å². The zero-order valence-corrected chi connectivity index (χ0v) is 14.8. The first kappa shape index (κ1) is 15.9. The predicted octanol–water partition coefficient (Wildman–Crippen LogP) is 4.51. The number of ether oxygens (including phenoxy) is 1. The number of hydrogen-bond donors (Lipinski definition) is 1. The molecule has 1 heterocycles. The van der Waals surface area contributed by atoms with E-state index in [-0.39, 0.29) is 0 Å². The Morgan fingerprint density at radius 3 is 2.12 bits per heavy atom. The molecule has 0 spiro atoms. The van der Waals surface area contributed by atoms with Gasteiger partial charge in [0.25, 0.3) is 0 Å². The third-order valence-corrected chi connectivity index (χ3v) is 6.74. The summed E-state index contributed by atoms with van der Waals surface area (Å²) in [7, 11) is 0. The third-order valence-electron chi connectivity index (χ3n) is 6.74. The van der Waals surface area contributed by atoms with Crippen LogP contribution in [0.1, 0.15) is 53.9 Å².